The van der Waals surface area contributed by atoms with Crippen LogP contribution < -0.4 is 5.32 Å². The summed E-state index contributed by atoms with van der Waals surface area (Å²) in [5.41, 5.74) is 2.14. The van der Waals surface area contributed by atoms with E-state index in [9.17, 15) is 10.1 Å². The highest BCUT2D eigenvalue weighted by Gasteiger charge is 2.11. The number of hydrogen-bond acceptors (Lipinski definition) is 5. The fourth-order valence-electron chi connectivity index (χ4n) is 2.18. The molecule has 114 valence electrons. The summed E-state index contributed by atoms with van der Waals surface area (Å²) in [5.74, 6) is 0. The number of pyridine rings is 1. The van der Waals surface area contributed by atoms with Gasteiger partial charge in [-0.2, -0.15) is 5.26 Å². The van der Waals surface area contributed by atoms with E-state index >= 15 is 0 Å². The number of halogens is 1. The number of rotatable bonds is 4. The molecule has 0 aliphatic rings. The van der Waals surface area contributed by atoms with Gasteiger partial charge in [0.2, 0.25) is 0 Å². The zero-order valence-corrected chi connectivity index (χ0v) is 12.5. The number of nitro benzene ring substituents is 1. The highest BCUT2D eigenvalue weighted by Crippen LogP contribution is 2.22. The maximum atomic E-state index is 10.7. The summed E-state index contributed by atoms with van der Waals surface area (Å²) in [7, 11) is 0. The van der Waals surface area contributed by atoms with Crippen molar-refractivity contribution in [2.75, 3.05) is 5.32 Å². The minimum absolute atomic E-state index is 0.116. The molecule has 23 heavy (non-hydrogen) atoms. The Bertz CT molecular complexity index is 945. The van der Waals surface area contributed by atoms with Gasteiger partial charge in [-0.05, 0) is 18.2 Å². The summed E-state index contributed by atoms with van der Waals surface area (Å²) in [5, 5.41) is 23.5. The van der Waals surface area contributed by atoms with E-state index in [0.29, 0.717) is 17.3 Å². The lowest BCUT2D eigenvalue weighted by molar-refractivity contribution is -0.384. The van der Waals surface area contributed by atoms with E-state index < -0.39 is 4.92 Å². The predicted octanol–water partition coefficient (Wildman–Crippen LogP) is 3.38. The first-order valence-corrected chi connectivity index (χ1v) is 7.00. The molecule has 1 aromatic carbocycles. The number of nitro groups is 1. The van der Waals surface area contributed by atoms with E-state index in [4.69, 9.17) is 16.9 Å². The minimum atomic E-state index is -0.531. The number of aromatic nitrogens is 2. The lowest BCUT2D eigenvalue weighted by Crippen LogP contribution is -2.02. The van der Waals surface area contributed by atoms with Crippen LogP contribution in [0.1, 0.15) is 11.3 Å². The van der Waals surface area contributed by atoms with Crippen molar-refractivity contribution in [1.82, 2.24) is 9.38 Å². The van der Waals surface area contributed by atoms with Crippen LogP contribution in [0.5, 0.6) is 0 Å². The largest absolute Gasteiger partial charge is 0.378 e. The summed E-state index contributed by atoms with van der Waals surface area (Å²) in [4.78, 5) is 14.6. The Labute approximate surface area is 135 Å². The fraction of sp³-hybridized carbons (Fsp3) is 0.0667. The van der Waals surface area contributed by atoms with Crippen LogP contribution in [0.25, 0.3) is 5.65 Å². The Kier molecular flexibility index (Phi) is 3.83. The quantitative estimate of drug-likeness (QED) is 0.585. The molecule has 0 atom stereocenters. The van der Waals surface area contributed by atoms with Crippen molar-refractivity contribution in [3.05, 3.63) is 69.1 Å². The first-order chi connectivity index (χ1) is 11.1. The van der Waals surface area contributed by atoms with Crippen molar-refractivity contribution < 1.29 is 4.92 Å². The molecule has 3 rings (SSSR count). The number of imidazole rings is 1. The molecule has 1 N–H and O–H groups in total. The second-order valence-corrected chi connectivity index (χ2v) is 5.23. The normalized spacial score (nSPS) is 10.4. The topological polar surface area (TPSA) is 96.3 Å². The summed E-state index contributed by atoms with van der Waals surface area (Å²) >= 11 is 5.93. The van der Waals surface area contributed by atoms with Crippen LogP contribution in [0, 0.1) is 21.4 Å². The molecule has 0 spiro atoms. The number of nitrogens with zero attached hydrogens (tertiary/aromatic N) is 4. The van der Waals surface area contributed by atoms with Crippen molar-refractivity contribution in [2.24, 2.45) is 0 Å². The number of hydrogen-bond donors (Lipinski definition) is 1. The number of fused-ring (bicyclic) bond motifs is 1. The van der Waals surface area contributed by atoms with Crippen LogP contribution in [0.2, 0.25) is 5.02 Å². The zero-order chi connectivity index (χ0) is 16.4. The third-order valence-corrected chi connectivity index (χ3v) is 3.48. The first kappa shape index (κ1) is 14.8. The van der Waals surface area contributed by atoms with Crippen molar-refractivity contribution >= 4 is 28.6 Å². The zero-order valence-electron chi connectivity index (χ0n) is 11.7. The van der Waals surface area contributed by atoms with Crippen LogP contribution in [-0.2, 0) is 6.54 Å². The summed E-state index contributed by atoms with van der Waals surface area (Å²) in [6, 6.07) is 9.62. The van der Waals surface area contributed by atoms with Gasteiger partial charge in [0, 0.05) is 24.5 Å². The second kappa shape index (κ2) is 5.94. The van der Waals surface area contributed by atoms with Crippen LogP contribution >= 0.6 is 11.6 Å². The van der Waals surface area contributed by atoms with Crippen molar-refractivity contribution in [1.29, 1.82) is 5.26 Å². The Morgan fingerprint density at radius 3 is 2.91 bits per heavy atom. The molecule has 0 fully saturated rings. The van der Waals surface area contributed by atoms with E-state index in [0.717, 1.165) is 11.3 Å². The number of nitriles is 1. The molecule has 7 nitrogen and oxygen atoms in total. The van der Waals surface area contributed by atoms with Gasteiger partial charge >= 0.3 is 0 Å². The van der Waals surface area contributed by atoms with Crippen LogP contribution in [-0.4, -0.2) is 14.3 Å². The van der Waals surface area contributed by atoms with E-state index in [1.54, 1.807) is 22.7 Å². The van der Waals surface area contributed by atoms with Gasteiger partial charge in [-0.15, -0.1) is 0 Å². The second-order valence-electron chi connectivity index (χ2n) is 4.80. The van der Waals surface area contributed by atoms with Gasteiger partial charge < -0.3 is 9.72 Å². The third kappa shape index (κ3) is 3.07. The van der Waals surface area contributed by atoms with E-state index in [1.807, 2.05) is 12.3 Å². The van der Waals surface area contributed by atoms with Crippen LogP contribution in [0.15, 0.2) is 42.7 Å². The monoisotopic (exact) mass is 327 g/mol. The van der Waals surface area contributed by atoms with Gasteiger partial charge in [0.05, 0.1) is 33.4 Å². The van der Waals surface area contributed by atoms with Crippen molar-refractivity contribution in [2.45, 2.75) is 6.54 Å². The van der Waals surface area contributed by atoms with Crippen molar-refractivity contribution in [3.63, 3.8) is 0 Å². The number of benzene rings is 1. The van der Waals surface area contributed by atoms with Gasteiger partial charge in [-0.3, -0.25) is 10.1 Å². The third-order valence-electron chi connectivity index (χ3n) is 3.26. The van der Waals surface area contributed by atoms with E-state index in [1.165, 1.54) is 18.2 Å². The Balaban J connectivity index is 1.82. The van der Waals surface area contributed by atoms with E-state index in [-0.39, 0.29) is 11.3 Å². The van der Waals surface area contributed by atoms with Crippen LogP contribution in [0.4, 0.5) is 11.4 Å². The summed E-state index contributed by atoms with van der Waals surface area (Å²) in [6.07, 6.45) is 3.58. The van der Waals surface area contributed by atoms with E-state index in [2.05, 4.69) is 10.3 Å². The molecule has 2 heterocycles. The average molecular weight is 328 g/mol. The Morgan fingerprint density at radius 1 is 1.35 bits per heavy atom. The number of nitrogens with one attached hydrogen (secondary N) is 1. The van der Waals surface area contributed by atoms with Gasteiger partial charge in [0.1, 0.15) is 11.7 Å². The molecule has 8 heteroatoms. The molecule has 0 aliphatic heterocycles. The SMILES string of the molecule is N#Cc1cc([N+](=O)[O-])ccc1NCc1cn2cc(Cl)ccc2n1. The average Bonchev–Trinajstić information content (AvgIpc) is 2.94. The highest BCUT2D eigenvalue weighted by molar-refractivity contribution is 6.30. The highest BCUT2D eigenvalue weighted by atomic mass is 35.5. The Morgan fingerprint density at radius 2 is 2.17 bits per heavy atom. The molecule has 0 amide bonds. The fourth-order valence-corrected chi connectivity index (χ4v) is 2.35. The van der Waals surface area contributed by atoms with Crippen molar-refractivity contribution in [3.8, 4) is 6.07 Å². The van der Waals surface area contributed by atoms with Gasteiger partial charge in [-0.25, -0.2) is 4.98 Å². The molecular weight excluding hydrogens is 318 g/mol. The maximum absolute atomic E-state index is 10.7. The standard InChI is InChI=1S/C15H10ClN5O2/c16-11-1-4-15-19-12(9-20(15)8-11)7-18-14-3-2-13(21(22)23)5-10(14)6-17/h1-5,8-9,18H,7H2. The number of non-ortho nitro benzene ring substituents is 1. The van der Waals surface area contributed by atoms with Crippen LogP contribution in [0.3, 0.4) is 0 Å². The molecule has 0 unspecified atom stereocenters. The minimum Gasteiger partial charge on any atom is -0.378 e. The predicted molar refractivity (Wildman–Crippen MR) is 85.3 cm³/mol. The molecule has 0 saturated carbocycles. The number of anilines is 1. The molecule has 3 aromatic rings. The lowest BCUT2D eigenvalue weighted by atomic mass is 10.1. The lowest BCUT2D eigenvalue weighted by Gasteiger charge is -2.06. The summed E-state index contributed by atoms with van der Waals surface area (Å²) in [6.45, 7) is 0.381. The molecule has 2 aromatic heterocycles. The molecule has 0 saturated heterocycles. The maximum Gasteiger partial charge on any atom is 0.270 e. The van der Waals surface area contributed by atoms with Gasteiger partial charge in [0.25, 0.3) is 5.69 Å². The van der Waals surface area contributed by atoms with Gasteiger partial charge in [-0.1, -0.05) is 11.6 Å². The Hall–Kier alpha value is -3.11. The smallest absolute Gasteiger partial charge is 0.270 e. The first-order valence-electron chi connectivity index (χ1n) is 6.62. The summed E-state index contributed by atoms with van der Waals surface area (Å²) < 4.78 is 1.81. The van der Waals surface area contributed by atoms with Gasteiger partial charge in [0.15, 0.2) is 0 Å². The molecule has 0 radical (unpaired) electrons. The molecule has 0 aliphatic carbocycles. The molecular formula is C15H10ClN5O2. The molecule has 0 bridgehead atoms.